The van der Waals surface area contributed by atoms with Crippen molar-refractivity contribution in [2.45, 2.75) is 52.4 Å². The SMILES string of the molecule is C=C(N)OCCOC.CC1CCCCC1.CCCP. The molecule has 0 aromatic heterocycles. The van der Waals surface area contributed by atoms with Gasteiger partial charge in [0.05, 0.1) is 6.61 Å². The largest absolute Gasteiger partial charge is 0.477 e. The van der Waals surface area contributed by atoms with E-state index in [-0.39, 0.29) is 5.88 Å². The second-order valence-corrected chi connectivity index (χ2v) is 5.42. The third kappa shape index (κ3) is 23.3. The smallest absolute Gasteiger partial charge is 0.176 e. The Morgan fingerprint density at radius 1 is 1.26 bits per heavy atom. The Kier molecular flexibility index (Phi) is 19.6. The quantitative estimate of drug-likeness (QED) is 0.474. The summed E-state index contributed by atoms with van der Waals surface area (Å²) >= 11 is 0. The van der Waals surface area contributed by atoms with E-state index in [4.69, 9.17) is 10.5 Å². The van der Waals surface area contributed by atoms with Crippen LogP contribution < -0.4 is 5.73 Å². The molecule has 116 valence electrons. The molecule has 0 amide bonds. The summed E-state index contributed by atoms with van der Waals surface area (Å²) in [7, 11) is 4.25. The van der Waals surface area contributed by atoms with E-state index >= 15 is 0 Å². The molecule has 0 spiro atoms. The van der Waals surface area contributed by atoms with E-state index in [1.807, 2.05) is 0 Å². The van der Waals surface area contributed by atoms with Gasteiger partial charge in [0.1, 0.15) is 6.61 Å². The Balaban J connectivity index is 0. The van der Waals surface area contributed by atoms with Gasteiger partial charge in [-0.1, -0.05) is 52.4 Å². The van der Waals surface area contributed by atoms with Crippen molar-refractivity contribution in [1.82, 2.24) is 0 Å². The normalized spacial score (nSPS) is 14.5. The van der Waals surface area contributed by atoms with Crippen LogP contribution in [0.2, 0.25) is 0 Å². The third-order valence-electron chi connectivity index (χ3n) is 2.76. The molecule has 1 unspecified atom stereocenters. The number of hydrogen-bond acceptors (Lipinski definition) is 3. The van der Waals surface area contributed by atoms with Crippen LogP contribution in [0.15, 0.2) is 12.5 Å². The van der Waals surface area contributed by atoms with E-state index in [1.54, 1.807) is 7.11 Å². The molecule has 4 heteroatoms. The lowest BCUT2D eigenvalue weighted by molar-refractivity contribution is 0.109. The second kappa shape index (κ2) is 17.7. The first-order valence-electron chi connectivity index (χ1n) is 7.34. The molecule has 0 aromatic carbocycles. The molecule has 0 bridgehead atoms. The zero-order chi connectivity index (χ0) is 14.9. The van der Waals surface area contributed by atoms with Crippen molar-refractivity contribution >= 4 is 9.24 Å². The van der Waals surface area contributed by atoms with Crippen molar-refractivity contribution in [1.29, 1.82) is 0 Å². The zero-order valence-corrected chi connectivity index (χ0v) is 14.3. The molecule has 1 atom stereocenters. The molecule has 0 aromatic rings. The maximum Gasteiger partial charge on any atom is 0.176 e. The highest BCUT2D eigenvalue weighted by molar-refractivity contribution is 7.16. The van der Waals surface area contributed by atoms with E-state index in [0.29, 0.717) is 13.2 Å². The minimum atomic E-state index is 0.238. The molecule has 0 saturated heterocycles. The van der Waals surface area contributed by atoms with Gasteiger partial charge in [-0.05, 0) is 18.7 Å². The van der Waals surface area contributed by atoms with Crippen molar-refractivity contribution in [2.24, 2.45) is 11.7 Å². The van der Waals surface area contributed by atoms with Gasteiger partial charge in [0.25, 0.3) is 0 Å². The Hall–Kier alpha value is -0.270. The molecule has 1 rings (SSSR count). The van der Waals surface area contributed by atoms with Crippen LogP contribution in [0.4, 0.5) is 0 Å². The van der Waals surface area contributed by atoms with Crippen LogP contribution in [0.25, 0.3) is 0 Å². The summed E-state index contributed by atoms with van der Waals surface area (Å²) in [5, 5.41) is 0. The van der Waals surface area contributed by atoms with Crippen LogP contribution in [0.1, 0.15) is 52.4 Å². The molecule has 19 heavy (non-hydrogen) atoms. The monoisotopic (exact) mass is 291 g/mol. The molecule has 1 fully saturated rings. The van der Waals surface area contributed by atoms with Crippen molar-refractivity contribution in [3.05, 3.63) is 12.5 Å². The number of ether oxygens (including phenoxy) is 2. The predicted octanol–water partition coefficient (Wildman–Crippen LogP) is 3.94. The first-order chi connectivity index (χ1) is 9.08. The third-order valence-corrected chi connectivity index (χ3v) is 3.33. The fraction of sp³-hybridized carbons (Fsp3) is 0.867. The van der Waals surface area contributed by atoms with Gasteiger partial charge in [0.15, 0.2) is 5.88 Å². The van der Waals surface area contributed by atoms with Gasteiger partial charge in [-0.15, -0.1) is 9.24 Å². The fourth-order valence-electron chi connectivity index (χ4n) is 1.56. The number of methoxy groups -OCH3 is 1. The highest BCUT2D eigenvalue weighted by Crippen LogP contribution is 2.22. The van der Waals surface area contributed by atoms with Crippen LogP contribution >= 0.6 is 9.24 Å². The Bertz CT molecular complexity index is 181. The molecular weight excluding hydrogens is 257 g/mol. The molecule has 0 radical (unpaired) electrons. The van der Waals surface area contributed by atoms with Crippen molar-refractivity contribution in [3.8, 4) is 0 Å². The number of nitrogens with two attached hydrogens (primary N) is 1. The average molecular weight is 291 g/mol. The van der Waals surface area contributed by atoms with Crippen molar-refractivity contribution in [2.75, 3.05) is 26.5 Å². The first kappa shape index (κ1) is 21.0. The van der Waals surface area contributed by atoms with E-state index in [9.17, 15) is 0 Å². The van der Waals surface area contributed by atoms with Crippen molar-refractivity contribution < 1.29 is 9.47 Å². The van der Waals surface area contributed by atoms with Crippen molar-refractivity contribution in [3.63, 3.8) is 0 Å². The summed E-state index contributed by atoms with van der Waals surface area (Å²) in [5.41, 5.74) is 5.06. The summed E-state index contributed by atoms with van der Waals surface area (Å²) in [6.45, 7) is 8.88. The summed E-state index contributed by atoms with van der Waals surface area (Å²) in [4.78, 5) is 0. The Morgan fingerprint density at radius 2 is 1.79 bits per heavy atom. The molecular formula is C15H34NO2P. The highest BCUT2D eigenvalue weighted by Gasteiger charge is 2.05. The zero-order valence-electron chi connectivity index (χ0n) is 13.1. The first-order valence-corrected chi connectivity index (χ1v) is 8.16. The maximum atomic E-state index is 5.06. The van der Waals surface area contributed by atoms with Crippen LogP contribution in [-0.4, -0.2) is 26.5 Å². The Labute approximate surface area is 122 Å². The van der Waals surface area contributed by atoms with Crippen LogP contribution in [0.3, 0.4) is 0 Å². The summed E-state index contributed by atoms with van der Waals surface area (Å²) in [5.74, 6) is 1.27. The van der Waals surface area contributed by atoms with E-state index in [0.717, 1.165) is 5.92 Å². The lowest BCUT2D eigenvalue weighted by Crippen LogP contribution is -2.06. The van der Waals surface area contributed by atoms with Gasteiger partial charge in [-0.25, -0.2) is 0 Å². The predicted molar refractivity (Wildman–Crippen MR) is 88.3 cm³/mol. The van der Waals surface area contributed by atoms with Gasteiger partial charge in [-0.2, -0.15) is 0 Å². The average Bonchev–Trinajstić information content (AvgIpc) is 2.41. The molecule has 0 heterocycles. The maximum absolute atomic E-state index is 5.06. The lowest BCUT2D eigenvalue weighted by atomic mass is 9.91. The molecule has 1 saturated carbocycles. The molecule has 2 N–H and O–H groups in total. The van der Waals surface area contributed by atoms with Gasteiger partial charge in [0.2, 0.25) is 0 Å². The highest BCUT2D eigenvalue weighted by atomic mass is 31.0. The lowest BCUT2D eigenvalue weighted by Gasteiger charge is -2.15. The Morgan fingerprint density at radius 3 is 2.05 bits per heavy atom. The molecule has 1 aliphatic rings. The van der Waals surface area contributed by atoms with Crippen LogP contribution in [0, 0.1) is 5.92 Å². The van der Waals surface area contributed by atoms with E-state index in [2.05, 4.69) is 34.4 Å². The van der Waals surface area contributed by atoms with E-state index < -0.39 is 0 Å². The van der Waals surface area contributed by atoms with Crippen LogP contribution in [-0.2, 0) is 9.47 Å². The van der Waals surface area contributed by atoms with Gasteiger partial charge in [-0.3, -0.25) is 0 Å². The molecule has 0 aliphatic heterocycles. The summed E-state index contributed by atoms with van der Waals surface area (Å²) in [6.07, 6.45) is 9.96. The minimum Gasteiger partial charge on any atom is -0.477 e. The van der Waals surface area contributed by atoms with Gasteiger partial charge >= 0.3 is 0 Å². The summed E-state index contributed by atoms with van der Waals surface area (Å²) < 4.78 is 9.41. The minimum absolute atomic E-state index is 0.238. The number of hydrogen-bond donors (Lipinski definition) is 1. The number of rotatable bonds is 5. The summed E-state index contributed by atoms with van der Waals surface area (Å²) in [6, 6.07) is 0. The fourth-order valence-corrected chi connectivity index (χ4v) is 1.56. The standard InChI is InChI=1S/C7H14.C5H11NO2.C3H9P/c1-7-5-3-2-4-6-7;1-5(6)8-4-3-7-2;1-2-3-4/h7H,2-6H2,1H3;1,3-4,6H2,2H3;2-4H2,1H3. The molecule has 3 nitrogen and oxygen atoms in total. The van der Waals surface area contributed by atoms with Gasteiger partial charge in [0, 0.05) is 7.11 Å². The van der Waals surface area contributed by atoms with E-state index in [1.165, 1.54) is 44.7 Å². The van der Waals surface area contributed by atoms with Crippen LogP contribution in [0.5, 0.6) is 0 Å². The van der Waals surface area contributed by atoms with Gasteiger partial charge < -0.3 is 15.2 Å². The topological polar surface area (TPSA) is 44.5 Å². The molecule has 1 aliphatic carbocycles. The second-order valence-electron chi connectivity index (χ2n) is 4.84.